The van der Waals surface area contributed by atoms with Crippen molar-refractivity contribution in [2.45, 2.75) is 26.7 Å². The van der Waals surface area contributed by atoms with Gasteiger partial charge in [-0.2, -0.15) is 0 Å². The van der Waals surface area contributed by atoms with Gasteiger partial charge >= 0.3 is 5.97 Å². The van der Waals surface area contributed by atoms with Gasteiger partial charge in [0.1, 0.15) is 0 Å². The number of benzene rings is 1. The minimum absolute atomic E-state index is 0.190. The van der Waals surface area contributed by atoms with E-state index in [-0.39, 0.29) is 6.42 Å². The summed E-state index contributed by atoms with van der Waals surface area (Å²) in [6.45, 7) is 4.77. The summed E-state index contributed by atoms with van der Waals surface area (Å²) < 4.78 is 1.20. The number of aliphatic carboxylic acids is 1. The molecular weight excluding hydrogens is 248 g/mol. The van der Waals surface area contributed by atoms with E-state index >= 15 is 0 Å². The lowest BCUT2D eigenvalue weighted by molar-refractivity contribution is -0.137. The van der Waals surface area contributed by atoms with Crippen molar-refractivity contribution in [1.29, 1.82) is 0 Å². The van der Waals surface area contributed by atoms with Crippen molar-refractivity contribution in [2.75, 3.05) is 11.9 Å². The molecule has 0 unspecified atom stereocenters. The van der Waals surface area contributed by atoms with Crippen LogP contribution in [0, 0.1) is 13.8 Å². The Hall–Kier alpha value is -1.62. The number of nitrogens with one attached hydrogen (secondary N) is 1. The zero-order valence-corrected chi connectivity index (χ0v) is 11.3. The summed E-state index contributed by atoms with van der Waals surface area (Å²) in [4.78, 5) is 14.9. The highest BCUT2D eigenvalue weighted by atomic mass is 32.1. The Morgan fingerprint density at radius 2 is 2.11 bits per heavy atom. The molecule has 0 aliphatic heterocycles. The summed E-state index contributed by atoms with van der Waals surface area (Å²) in [6, 6.07) is 4.18. The largest absolute Gasteiger partial charge is 0.481 e. The lowest BCUT2D eigenvalue weighted by Gasteiger charge is -1.99. The van der Waals surface area contributed by atoms with Crippen LogP contribution in [0.15, 0.2) is 12.1 Å². The molecule has 0 aliphatic carbocycles. The quantitative estimate of drug-likeness (QED) is 0.814. The Morgan fingerprint density at radius 1 is 1.39 bits per heavy atom. The van der Waals surface area contributed by atoms with Crippen molar-refractivity contribution in [2.24, 2.45) is 0 Å². The second-order valence-corrected chi connectivity index (χ2v) is 5.32. The van der Waals surface area contributed by atoms with E-state index in [4.69, 9.17) is 5.11 Å². The molecule has 2 N–H and O–H groups in total. The number of aromatic nitrogens is 1. The number of carbonyl (C=O) groups is 1. The Bertz CT molecular complexity index is 539. The molecule has 96 valence electrons. The van der Waals surface area contributed by atoms with Crippen LogP contribution >= 0.6 is 11.3 Å². The van der Waals surface area contributed by atoms with Crippen LogP contribution in [0.2, 0.25) is 0 Å². The molecule has 1 aromatic carbocycles. The van der Waals surface area contributed by atoms with Crippen LogP contribution in [0.3, 0.4) is 0 Å². The maximum atomic E-state index is 10.4. The van der Waals surface area contributed by atoms with E-state index in [1.807, 2.05) is 0 Å². The minimum Gasteiger partial charge on any atom is -0.481 e. The highest BCUT2D eigenvalue weighted by molar-refractivity contribution is 7.22. The zero-order chi connectivity index (χ0) is 13.1. The first kappa shape index (κ1) is 12.8. The lowest BCUT2D eigenvalue weighted by atomic mass is 10.1. The van der Waals surface area contributed by atoms with E-state index in [1.54, 1.807) is 11.3 Å². The summed E-state index contributed by atoms with van der Waals surface area (Å²) in [5.41, 5.74) is 3.44. The molecule has 1 heterocycles. The molecule has 0 fully saturated rings. The van der Waals surface area contributed by atoms with Gasteiger partial charge in [0.15, 0.2) is 5.13 Å². The number of aryl methyl sites for hydroxylation is 2. The van der Waals surface area contributed by atoms with E-state index in [9.17, 15) is 4.79 Å². The molecule has 0 radical (unpaired) electrons. The van der Waals surface area contributed by atoms with Crippen LogP contribution in [0.4, 0.5) is 5.13 Å². The Labute approximate surface area is 110 Å². The molecule has 1 aromatic heterocycles. The van der Waals surface area contributed by atoms with Gasteiger partial charge < -0.3 is 10.4 Å². The molecule has 0 amide bonds. The summed E-state index contributed by atoms with van der Waals surface area (Å²) >= 11 is 1.63. The summed E-state index contributed by atoms with van der Waals surface area (Å²) in [7, 11) is 0. The second-order valence-electron chi connectivity index (χ2n) is 4.32. The monoisotopic (exact) mass is 264 g/mol. The van der Waals surface area contributed by atoms with Crippen molar-refractivity contribution >= 4 is 32.7 Å². The van der Waals surface area contributed by atoms with Gasteiger partial charge in [-0.05, 0) is 31.4 Å². The third-order valence-corrected chi connectivity index (χ3v) is 3.93. The number of rotatable bonds is 5. The number of nitrogens with zero attached hydrogens (tertiary/aromatic N) is 1. The Morgan fingerprint density at radius 3 is 2.78 bits per heavy atom. The average molecular weight is 264 g/mol. The molecule has 5 heteroatoms. The number of carboxylic acids is 1. The highest BCUT2D eigenvalue weighted by Gasteiger charge is 2.08. The fraction of sp³-hybridized carbons (Fsp3) is 0.385. The first-order valence-electron chi connectivity index (χ1n) is 5.90. The van der Waals surface area contributed by atoms with Gasteiger partial charge in [0, 0.05) is 13.0 Å². The molecule has 0 spiro atoms. The van der Waals surface area contributed by atoms with Crippen LogP contribution in [0.25, 0.3) is 10.2 Å². The molecule has 2 aromatic rings. The van der Waals surface area contributed by atoms with Gasteiger partial charge in [0.05, 0.1) is 10.2 Å². The molecule has 4 nitrogen and oxygen atoms in total. The molecule has 0 bridgehead atoms. The van der Waals surface area contributed by atoms with Crippen LogP contribution in [0.1, 0.15) is 24.0 Å². The minimum atomic E-state index is -0.757. The normalized spacial score (nSPS) is 10.8. The predicted octanol–water partition coefficient (Wildman–Crippen LogP) is 3.19. The zero-order valence-electron chi connectivity index (χ0n) is 10.5. The fourth-order valence-corrected chi connectivity index (χ4v) is 2.81. The topological polar surface area (TPSA) is 62.2 Å². The maximum absolute atomic E-state index is 10.4. The molecule has 2 rings (SSSR count). The Balaban J connectivity index is 2.08. The molecule has 0 saturated carbocycles. The fourth-order valence-electron chi connectivity index (χ4n) is 1.77. The predicted molar refractivity (Wildman–Crippen MR) is 74.5 cm³/mol. The number of carboxylic acid groups (broad SMARTS) is 1. The smallest absolute Gasteiger partial charge is 0.303 e. The van der Waals surface area contributed by atoms with E-state index in [2.05, 4.69) is 36.3 Å². The van der Waals surface area contributed by atoms with Gasteiger partial charge in [-0.1, -0.05) is 23.5 Å². The lowest BCUT2D eigenvalue weighted by Crippen LogP contribution is -2.04. The summed E-state index contributed by atoms with van der Waals surface area (Å²) in [6.07, 6.45) is 0.805. The van der Waals surface area contributed by atoms with Crippen LogP contribution in [0.5, 0.6) is 0 Å². The van der Waals surface area contributed by atoms with Crippen LogP contribution in [-0.2, 0) is 4.79 Å². The number of fused-ring (bicyclic) bond motifs is 1. The van der Waals surface area contributed by atoms with E-state index in [0.29, 0.717) is 13.0 Å². The maximum Gasteiger partial charge on any atom is 0.303 e. The van der Waals surface area contributed by atoms with Gasteiger partial charge in [-0.3, -0.25) is 4.79 Å². The number of hydrogen-bond donors (Lipinski definition) is 2. The third kappa shape index (κ3) is 2.79. The first-order valence-corrected chi connectivity index (χ1v) is 6.72. The molecule has 18 heavy (non-hydrogen) atoms. The summed E-state index contributed by atoms with van der Waals surface area (Å²) in [5.74, 6) is -0.757. The van der Waals surface area contributed by atoms with Crippen molar-refractivity contribution in [3.8, 4) is 0 Å². The first-order chi connectivity index (χ1) is 8.58. The van der Waals surface area contributed by atoms with Gasteiger partial charge in [0.2, 0.25) is 0 Å². The van der Waals surface area contributed by atoms with Crippen molar-refractivity contribution in [3.63, 3.8) is 0 Å². The van der Waals surface area contributed by atoms with Crippen molar-refractivity contribution in [1.82, 2.24) is 4.98 Å². The molecule has 0 aliphatic rings. The average Bonchev–Trinajstić information content (AvgIpc) is 2.75. The molecule has 0 saturated heterocycles. The number of thiazole rings is 1. The van der Waals surface area contributed by atoms with Crippen LogP contribution in [-0.4, -0.2) is 22.6 Å². The van der Waals surface area contributed by atoms with Gasteiger partial charge in [-0.25, -0.2) is 4.98 Å². The third-order valence-electron chi connectivity index (χ3n) is 2.79. The Kier molecular flexibility index (Phi) is 3.81. The molecular formula is C13H16N2O2S. The van der Waals surface area contributed by atoms with E-state index in [1.165, 1.54) is 15.8 Å². The SMILES string of the molecule is Cc1ccc(C)c2sc(NCCCC(=O)O)nc12. The van der Waals surface area contributed by atoms with Crippen LogP contribution < -0.4 is 5.32 Å². The van der Waals surface area contributed by atoms with Crippen molar-refractivity contribution < 1.29 is 9.90 Å². The standard InChI is InChI=1S/C13H16N2O2S/c1-8-5-6-9(2)12-11(8)15-13(18-12)14-7-3-4-10(16)17/h5-6H,3-4,7H2,1-2H3,(H,14,15)(H,16,17). The van der Waals surface area contributed by atoms with E-state index in [0.717, 1.165) is 10.6 Å². The van der Waals surface area contributed by atoms with E-state index < -0.39 is 5.97 Å². The second kappa shape index (κ2) is 5.35. The molecule has 0 atom stereocenters. The summed E-state index contributed by atoms with van der Waals surface area (Å²) in [5, 5.41) is 12.6. The number of hydrogen-bond acceptors (Lipinski definition) is 4. The number of anilines is 1. The van der Waals surface area contributed by atoms with Crippen molar-refractivity contribution in [3.05, 3.63) is 23.3 Å². The van der Waals surface area contributed by atoms with Gasteiger partial charge in [-0.15, -0.1) is 0 Å². The van der Waals surface area contributed by atoms with Gasteiger partial charge in [0.25, 0.3) is 0 Å². The highest BCUT2D eigenvalue weighted by Crippen LogP contribution is 2.30.